The number of nitrogen functional groups attached to an aromatic ring is 1. The van der Waals surface area contributed by atoms with Crippen molar-refractivity contribution in [2.45, 2.75) is 19.5 Å². The molecule has 38 heavy (non-hydrogen) atoms. The lowest BCUT2D eigenvalue weighted by molar-refractivity contribution is 0.0364. The zero-order valence-electron chi connectivity index (χ0n) is 21.4. The summed E-state index contributed by atoms with van der Waals surface area (Å²) in [7, 11) is 0. The molecular formula is C29H34FN5O3. The monoisotopic (exact) mass is 519 g/mol. The second kappa shape index (κ2) is 13.6. The third kappa shape index (κ3) is 7.77. The number of amides is 3. The van der Waals surface area contributed by atoms with Gasteiger partial charge in [-0.05, 0) is 42.3 Å². The number of para-hydroxylation sites is 2. The summed E-state index contributed by atoms with van der Waals surface area (Å²) in [5.41, 5.74) is 8.77. The van der Waals surface area contributed by atoms with Crippen molar-refractivity contribution in [3.8, 4) is 0 Å². The van der Waals surface area contributed by atoms with Crippen molar-refractivity contribution in [1.29, 1.82) is 0 Å². The van der Waals surface area contributed by atoms with Crippen molar-refractivity contribution in [3.63, 3.8) is 0 Å². The molecule has 3 aromatic rings. The summed E-state index contributed by atoms with van der Waals surface area (Å²) < 4.78 is 19.5. The van der Waals surface area contributed by atoms with Crippen LogP contribution in [-0.2, 0) is 17.8 Å². The molecule has 0 aliphatic carbocycles. The molecule has 0 radical (unpaired) electrons. The second-order valence-corrected chi connectivity index (χ2v) is 9.22. The van der Waals surface area contributed by atoms with Gasteiger partial charge in [0.25, 0.3) is 5.91 Å². The molecule has 9 heteroatoms. The van der Waals surface area contributed by atoms with Gasteiger partial charge in [0.1, 0.15) is 5.82 Å². The van der Waals surface area contributed by atoms with Crippen molar-refractivity contribution in [1.82, 2.24) is 15.1 Å². The van der Waals surface area contributed by atoms with Gasteiger partial charge in [-0.2, -0.15) is 0 Å². The van der Waals surface area contributed by atoms with Crippen molar-refractivity contribution in [2.75, 3.05) is 50.4 Å². The van der Waals surface area contributed by atoms with Crippen molar-refractivity contribution in [3.05, 3.63) is 95.3 Å². The van der Waals surface area contributed by atoms with E-state index in [-0.39, 0.29) is 24.3 Å². The van der Waals surface area contributed by atoms with Crippen LogP contribution in [0, 0.1) is 5.82 Å². The summed E-state index contributed by atoms with van der Waals surface area (Å²) in [5, 5.41) is 5.67. The molecule has 3 aromatic carbocycles. The van der Waals surface area contributed by atoms with E-state index in [2.05, 4.69) is 15.5 Å². The fourth-order valence-electron chi connectivity index (χ4n) is 4.27. The highest BCUT2D eigenvalue weighted by Gasteiger charge is 2.17. The molecule has 1 fully saturated rings. The maximum absolute atomic E-state index is 14.0. The SMILES string of the molecule is Nc1ccccc1NC(=O)c1ccc(CN(CCCN2CCOCC2)C(=O)NCc2ccccc2F)cc1. The first-order chi connectivity index (χ1) is 18.5. The van der Waals surface area contributed by atoms with Crippen LogP contribution in [0.1, 0.15) is 27.9 Å². The van der Waals surface area contributed by atoms with Gasteiger partial charge >= 0.3 is 6.03 Å². The number of halogens is 1. The Morgan fingerprint density at radius 3 is 2.42 bits per heavy atom. The second-order valence-electron chi connectivity index (χ2n) is 9.22. The van der Waals surface area contributed by atoms with E-state index in [1.165, 1.54) is 6.07 Å². The first-order valence-electron chi connectivity index (χ1n) is 12.8. The largest absolute Gasteiger partial charge is 0.397 e. The molecule has 1 aliphatic heterocycles. The molecule has 1 heterocycles. The van der Waals surface area contributed by atoms with Crippen LogP contribution in [0.2, 0.25) is 0 Å². The number of carbonyl (C=O) groups excluding carboxylic acids is 2. The minimum atomic E-state index is -0.349. The average molecular weight is 520 g/mol. The molecule has 3 amide bonds. The first-order valence-corrected chi connectivity index (χ1v) is 12.8. The molecule has 0 spiro atoms. The highest BCUT2D eigenvalue weighted by molar-refractivity contribution is 6.05. The Morgan fingerprint density at radius 1 is 0.974 bits per heavy atom. The number of carbonyl (C=O) groups is 2. The van der Waals surface area contributed by atoms with E-state index >= 15 is 0 Å². The minimum absolute atomic E-state index is 0.104. The third-order valence-electron chi connectivity index (χ3n) is 6.48. The number of anilines is 2. The van der Waals surface area contributed by atoms with E-state index in [1.807, 2.05) is 12.1 Å². The molecule has 200 valence electrons. The van der Waals surface area contributed by atoms with Gasteiger partial charge in [0, 0.05) is 50.4 Å². The fourth-order valence-corrected chi connectivity index (χ4v) is 4.27. The number of morpholine rings is 1. The fraction of sp³-hybridized carbons (Fsp3) is 0.310. The minimum Gasteiger partial charge on any atom is -0.397 e. The van der Waals surface area contributed by atoms with Crippen LogP contribution in [0.25, 0.3) is 0 Å². The van der Waals surface area contributed by atoms with Crippen LogP contribution in [0.3, 0.4) is 0 Å². The predicted octanol–water partition coefficient (Wildman–Crippen LogP) is 4.09. The van der Waals surface area contributed by atoms with Gasteiger partial charge in [-0.1, -0.05) is 42.5 Å². The summed E-state index contributed by atoms with van der Waals surface area (Å²) in [6, 6.07) is 20.4. The van der Waals surface area contributed by atoms with Gasteiger partial charge in [0.05, 0.1) is 24.6 Å². The average Bonchev–Trinajstić information content (AvgIpc) is 2.94. The third-order valence-corrected chi connectivity index (χ3v) is 6.48. The zero-order valence-corrected chi connectivity index (χ0v) is 21.4. The van der Waals surface area contributed by atoms with E-state index in [4.69, 9.17) is 10.5 Å². The Labute approximate surface area is 222 Å². The number of urea groups is 1. The zero-order chi connectivity index (χ0) is 26.7. The van der Waals surface area contributed by atoms with Crippen LogP contribution in [-0.4, -0.2) is 61.1 Å². The molecule has 0 aromatic heterocycles. The molecule has 0 atom stereocenters. The van der Waals surface area contributed by atoms with E-state index in [0.717, 1.165) is 44.8 Å². The topological polar surface area (TPSA) is 99.9 Å². The van der Waals surface area contributed by atoms with Crippen LogP contribution in [0.5, 0.6) is 0 Å². The maximum Gasteiger partial charge on any atom is 0.317 e. The van der Waals surface area contributed by atoms with E-state index in [1.54, 1.807) is 59.5 Å². The van der Waals surface area contributed by atoms with Gasteiger partial charge in [0.2, 0.25) is 0 Å². The number of benzene rings is 3. The Kier molecular flexibility index (Phi) is 9.66. The van der Waals surface area contributed by atoms with Gasteiger partial charge < -0.3 is 26.0 Å². The standard InChI is InChI=1S/C29H34FN5O3/c30-25-7-2-1-6-24(25)20-32-29(37)35(15-5-14-34-16-18-38-19-17-34)21-22-10-12-23(13-11-22)28(36)33-27-9-4-3-8-26(27)31/h1-4,6-13H,5,14-21,31H2,(H,32,37)(H,33,36). The van der Waals surface area contributed by atoms with Crippen LogP contribution in [0.4, 0.5) is 20.6 Å². The number of hydrogen-bond acceptors (Lipinski definition) is 5. The number of nitrogens with one attached hydrogen (secondary N) is 2. The summed E-state index contributed by atoms with van der Waals surface area (Å²) in [5.74, 6) is -0.614. The predicted molar refractivity (Wildman–Crippen MR) is 146 cm³/mol. The molecule has 1 saturated heterocycles. The summed E-state index contributed by atoms with van der Waals surface area (Å²) in [6.07, 6.45) is 0.798. The normalized spacial score (nSPS) is 13.6. The number of hydrogen-bond donors (Lipinski definition) is 3. The summed E-state index contributed by atoms with van der Waals surface area (Å²) in [4.78, 5) is 29.8. The van der Waals surface area contributed by atoms with Crippen molar-refractivity contribution >= 4 is 23.3 Å². The molecular weight excluding hydrogens is 485 g/mol. The number of nitrogens with two attached hydrogens (primary N) is 1. The Morgan fingerprint density at radius 2 is 1.68 bits per heavy atom. The smallest absolute Gasteiger partial charge is 0.317 e. The Bertz CT molecular complexity index is 1210. The highest BCUT2D eigenvalue weighted by atomic mass is 19.1. The summed E-state index contributed by atoms with van der Waals surface area (Å²) >= 11 is 0. The van der Waals surface area contributed by atoms with Gasteiger partial charge in [-0.25, -0.2) is 9.18 Å². The molecule has 1 aliphatic rings. The Hall–Kier alpha value is -3.95. The lowest BCUT2D eigenvalue weighted by Crippen LogP contribution is -2.42. The first kappa shape index (κ1) is 27.1. The number of ether oxygens (including phenoxy) is 1. The molecule has 4 rings (SSSR count). The summed E-state index contributed by atoms with van der Waals surface area (Å²) in [6.45, 7) is 5.09. The van der Waals surface area contributed by atoms with Crippen molar-refractivity contribution < 1.29 is 18.7 Å². The molecule has 0 unspecified atom stereocenters. The lowest BCUT2D eigenvalue weighted by atomic mass is 10.1. The van der Waals surface area contributed by atoms with Gasteiger partial charge in [-0.15, -0.1) is 0 Å². The molecule has 0 saturated carbocycles. The number of nitrogens with zero attached hydrogens (tertiary/aromatic N) is 2. The lowest BCUT2D eigenvalue weighted by Gasteiger charge is -2.28. The van der Waals surface area contributed by atoms with Crippen LogP contribution >= 0.6 is 0 Å². The molecule has 0 bridgehead atoms. The van der Waals surface area contributed by atoms with Crippen LogP contribution < -0.4 is 16.4 Å². The van der Waals surface area contributed by atoms with Gasteiger partial charge in [0.15, 0.2) is 0 Å². The van der Waals surface area contributed by atoms with E-state index < -0.39 is 0 Å². The van der Waals surface area contributed by atoms with Crippen molar-refractivity contribution in [2.24, 2.45) is 0 Å². The van der Waals surface area contributed by atoms with Crippen LogP contribution in [0.15, 0.2) is 72.8 Å². The quantitative estimate of drug-likeness (QED) is 0.351. The molecule has 8 nitrogen and oxygen atoms in total. The number of rotatable bonds is 10. The van der Waals surface area contributed by atoms with Gasteiger partial charge in [-0.3, -0.25) is 9.69 Å². The maximum atomic E-state index is 14.0. The van der Waals surface area contributed by atoms with E-state index in [9.17, 15) is 14.0 Å². The van der Waals surface area contributed by atoms with E-state index in [0.29, 0.717) is 35.6 Å². The molecule has 4 N–H and O–H groups in total. The highest BCUT2D eigenvalue weighted by Crippen LogP contribution is 2.18. The Balaban J connectivity index is 1.38.